The molecule has 0 aromatic heterocycles. The maximum absolute atomic E-state index is 12.9. The van der Waals surface area contributed by atoms with Crippen molar-refractivity contribution in [2.24, 2.45) is 0 Å². The van der Waals surface area contributed by atoms with Crippen molar-refractivity contribution in [2.45, 2.75) is 268 Å². The van der Waals surface area contributed by atoms with E-state index in [9.17, 15) is 39.8 Å². The molecule has 12 nitrogen and oxygen atoms in total. The van der Waals surface area contributed by atoms with Gasteiger partial charge in [0, 0.05) is 13.0 Å². The summed E-state index contributed by atoms with van der Waals surface area (Å²) in [6.45, 7) is 4.23. The number of phosphoric ester groups is 1. The first-order valence-electron chi connectivity index (χ1n) is 27.0. The zero-order valence-electron chi connectivity index (χ0n) is 42.2. The average molecular weight is 971 g/mol. The number of rotatable bonds is 46. The van der Waals surface area contributed by atoms with Crippen LogP contribution in [0.4, 0.5) is 0 Å². The van der Waals surface area contributed by atoms with Gasteiger partial charge in [0.1, 0.15) is 42.7 Å². The van der Waals surface area contributed by atoms with Gasteiger partial charge >= 0.3 is 13.8 Å². The first kappa shape index (κ1) is 63.3. The fourth-order valence-electron chi connectivity index (χ4n) is 8.12. The van der Waals surface area contributed by atoms with Gasteiger partial charge < -0.3 is 39.9 Å². The summed E-state index contributed by atoms with van der Waals surface area (Å²) < 4.78 is 34.3. The molecule has 0 aromatic carbocycles. The number of aliphatic hydroxyl groups excluding tert-OH is 5. The van der Waals surface area contributed by atoms with Crippen LogP contribution in [0.5, 0.6) is 0 Å². The van der Waals surface area contributed by atoms with Crippen LogP contribution in [-0.2, 0) is 27.9 Å². The number of esters is 1. The van der Waals surface area contributed by atoms with Gasteiger partial charge in [-0.15, -0.1) is 0 Å². The number of unbranched alkanes of at least 4 members (excludes halogenated alkanes) is 26. The molecular formula is C54H99O12P. The standard InChI is InChI=1S/C54H99O12P/c1-3-5-7-9-11-13-15-17-19-21-22-23-24-25-26-27-29-31-33-35-37-39-41-43-48(55)65-47(46-64-67(61,62)66-54-52(59)50(57)49(56)51(58)53(54)60)45-63-44-42-40-38-36-34-32-30-28-20-18-16-14-12-10-8-6-4-2/h14-17,20-22,28,47,49-54,56-60H,3-13,18-19,23-27,29-46H2,1-2H3,(H,61,62)/b16-14-,17-15-,22-21-,28-20-. The monoisotopic (exact) mass is 971 g/mol. The Morgan fingerprint density at radius 3 is 1.27 bits per heavy atom. The van der Waals surface area contributed by atoms with Crippen molar-refractivity contribution in [3.8, 4) is 0 Å². The van der Waals surface area contributed by atoms with E-state index < -0.39 is 63.1 Å². The molecule has 0 amide bonds. The van der Waals surface area contributed by atoms with Crippen molar-refractivity contribution in [1.82, 2.24) is 0 Å². The van der Waals surface area contributed by atoms with Crippen LogP contribution in [0.2, 0.25) is 0 Å². The molecule has 0 heterocycles. The Morgan fingerprint density at radius 1 is 0.478 bits per heavy atom. The number of allylic oxidation sites excluding steroid dienone is 8. The molecule has 0 aliphatic heterocycles. The highest BCUT2D eigenvalue weighted by Crippen LogP contribution is 2.47. The number of carbonyl (C=O) groups excluding carboxylic acids is 1. The molecule has 6 atom stereocenters. The fraction of sp³-hybridized carbons (Fsp3) is 0.833. The lowest BCUT2D eigenvalue weighted by Crippen LogP contribution is -2.64. The van der Waals surface area contributed by atoms with E-state index in [2.05, 4.69) is 62.5 Å². The summed E-state index contributed by atoms with van der Waals surface area (Å²) in [6.07, 6.45) is 43.1. The van der Waals surface area contributed by atoms with E-state index in [4.69, 9.17) is 18.5 Å². The lowest BCUT2D eigenvalue weighted by atomic mass is 9.85. The summed E-state index contributed by atoms with van der Waals surface area (Å²) in [5.74, 6) is -0.482. The molecule has 1 aliphatic carbocycles. The van der Waals surface area contributed by atoms with Gasteiger partial charge in [0.25, 0.3) is 0 Å². The minimum Gasteiger partial charge on any atom is -0.457 e. The number of hydrogen-bond donors (Lipinski definition) is 6. The zero-order chi connectivity index (χ0) is 49.1. The summed E-state index contributed by atoms with van der Waals surface area (Å²) >= 11 is 0. The molecule has 6 N–H and O–H groups in total. The first-order valence-corrected chi connectivity index (χ1v) is 28.5. The van der Waals surface area contributed by atoms with Crippen LogP contribution in [0, 0.1) is 0 Å². The van der Waals surface area contributed by atoms with Crippen molar-refractivity contribution in [3.63, 3.8) is 0 Å². The molecule has 1 fully saturated rings. The van der Waals surface area contributed by atoms with Gasteiger partial charge in [-0.05, 0) is 77.0 Å². The van der Waals surface area contributed by atoms with Crippen LogP contribution >= 0.6 is 7.82 Å². The van der Waals surface area contributed by atoms with Crippen molar-refractivity contribution in [2.75, 3.05) is 19.8 Å². The molecule has 0 spiro atoms. The average Bonchev–Trinajstić information content (AvgIpc) is 3.31. The molecule has 1 rings (SSSR count). The summed E-state index contributed by atoms with van der Waals surface area (Å²) in [6, 6.07) is 0. The number of hydrogen-bond acceptors (Lipinski definition) is 11. The van der Waals surface area contributed by atoms with Gasteiger partial charge in [0.05, 0.1) is 13.2 Å². The number of phosphoric acid groups is 1. The largest absolute Gasteiger partial charge is 0.472 e. The topological polar surface area (TPSA) is 192 Å². The predicted octanol–water partition coefficient (Wildman–Crippen LogP) is 12.4. The molecule has 0 bridgehead atoms. The molecule has 67 heavy (non-hydrogen) atoms. The van der Waals surface area contributed by atoms with E-state index in [-0.39, 0.29) is 13.0 Å². The molecule has 392 valence electrons. The van der Waals surface area contributed by atoms with Crippen molar-refractivity contribution >= 4 is 13.8 Å². The Kier molecular flexibility index (Phi) is 41.8. The lowest BCUT2D eigenvalue weighted by molar-refractivity contribution is -0.220. The minimum absolute atomic E-state index is 0.0846. The highest BCUT2D eigenvalue weighted by molar-refractivity contribution is 7.47. The molecule has 0 radical (unpaired) electrons. The second-order valence-corrected chi connectivity index (χ2v) is 20.1. The fourth-order valence-corrected chi connectivity index (χ4v) is 9.10. The van der Waals surface area contributed by atoms with E-state index in [1.807, 2.05) is 0 Å². The van der Waals surface area contributed by atoms with Gasteiger partial charge in [0.2, 0.25) is 0 Å². The molecule has 1 aliphatic rings. The van der Waals surface area contributed by atoms with E-state index in [1.165, 1.54) is 128 Å². The number of aliphatic hydroxyl groups is 5. The van der Waals surface area contributed by atoms with E-state index >= 15 is 0 Å². The summed E-state index contributed by atoms with van der Waals surface area (Å²) in [5.41, 5.74) is 0. The Balaban J connectivity index is 2.32. The third kappa shape index (κ3) is 36.0. The number of ether oxygens (including phenoxy) is 2. The maximum atomic E-state index is 12.9. The molecule has 1 saturated carbocycles. The highest BCUT2D eigenvalue weighted by Gasteiger charge is 2.51. The maximum Gasteiger partial charge on any atom is 0.472 e. The van der Waals surface area contributed by atoms with Gasteiger partial charge in [-0.2, -0.15) is 0 Å². The first-order chi connectivity index (χ1) is 32.5. The van der Waals surface area contributed by atoms with Crippen LogP contribution in [-0.4, -0.2) is 98.9 Å². The van der Waals surface area contributed by atoms with E-state index in [0.29, 0.717) is 13.0 Å². The summed E-state index contributed by atoms with van der Waals surface area (Å²) in [4.78, 5) is 23.3. The summed E-state index contributed by atoms with van der Waals surface area (Å²) in [7, 11) is -5.03. The van der Waals surface area contributed by atoms with Gasteiger partial charge in [0.15, 0.2) is 0 Å². The van der Waals surface area contributed by atoms with Crippen molar-refractivity contribution in [1.29, 1.82) is 0 Å². The van der Waals surface area contributed by atoms with Crippen LogP contribution in [0.3, 0.4) is 0 Å². The van der Waals surface area contributed by atoms with Crippen molar-refractivity contribution in [3.05, 3.63) is 48.6 Å². The molecule has 0 aromatic rings. The lowest BCUT2D eigenvalue weighted by Gasteiger charge is -2.41. The Labute approximate surface area is 407 Å². The Morgan fingerprint density at radius 2 is 0.836 bits per heavy atom. The number of carbonyl (C=O) groups is 1. The summed E-state index contributed by atoms with van der Waals surface area (Å²) in [5, 5.41) is 50.3. The van der Waals surface area contributed by atoms with Crippen LogP contribution < -0.4 is 0 Å². The highest BCUT2D eigenvalue weighted by atomic mass is 31.2. The van der Waals surface area contributed by atoms with Crippen LogP contribution in [0.1, 0.15) is 226 Å². The Hall–Kier alpha value is -1.70. The Bertz CT molecular complexity index is 1290. The van der Waals surface area contributed by atoms with Gasteiger partial charge in [-0.3, -0.25) is 13.8 Å². The van der Waals surface area contributed by atoms with E-state index in [0.717, 1.165) is 70.6 Å². The van der Waals surface area contributed by atoms with Crippen LogP contribution in [0.25, 0.3) is 0 Å². The molecule has 0 saturated heterocycles. The SMILES string of the molecule is CCCCCC/C=C\C/C=C\CCCCCCCCOCC(COP(=O)(O)OC1C(O)C(O)C(O)C(O)C1O)OC(=O)CCCCCCCCCCCCC/C=C\C/C=C\CCCCCCC. The van der Waals surface area contributed by atoms with E-state index in [1.54, 1.807) is 0 Å². The smallest absolute Gasteiger partial charge is 0.457 e. The normalized spacial score (nSPS) is 21.6. The van der Waals surface area contributed by atoms with Gasteiger partial charge in [-0.1, -0.05) is 191 Å². The predicted molar refractivity (Wildman–Crippen MR) is 272 cm³/mol. The third-order valence-corrected chi connectivity index (χ3v) is 13.4. The van der Waals surface area contributed by atoms with Crippen molar-refractivity contribution < 1.29 is 58.3 Å². The molecular weight excluding hydrogens is 872 g/mol. The van der Waals surface area contributed by atoms with Gasteiger partial charge in [-0.25, -0.2) is 4.57 Å². The minimum atomic E-state index is -5.03. The second-order valence-electron chi connectivity index (χ2n) is 18.7. The molecule has 6 unspecified atom stereocenters. The molecule has 13 heteroatoms. The second kappa shape index (κ2) is 44.3. The third-order valence-electron chi connectivity index (χ3n) is 12.4. The zero-order valence-corrected chi connectivity index (χ0v) is 43.1. The quantitative estimate of drug-likeness (QED) is 0.0147. The van der Waals surface area contributed by atoms with Crippen LogP contribution in [0.15, 0.2) is 48.6 Å².